The van der Waals surface area contributed by atoms with Crippen LogP contribution in [0.25, 0.3) is 11.3 Å². The summed E-state index contributed by atoms with van der Waals surface area (Å²) >= 11 is 4.87. The number of hydrogen-bond acceptors (Lipinski definition) is 4. The second-order valence-electron chi connectivity index (χ2n) is 4.77. The van der Waals surface area contributed by atoms with E-state index in [1.165, 1.54) is 11.3 Å². The number of nitrogens with one attached hydrogen (secondary N) is 1. The van der Waals surface area contributed by atoms with Crippen LogP contribution in [-0.2, 0) is 4.79 Å². The summed E-state index contributed by atoms with van der Waals surface area (Å²) in [6, 6.07) is 9.28. The van der Waals surface area contributed by atoms with E-state index in [0.717, 1.165) is 15.0 Å². The highest BCUT2D eigenvalue weighted by Gasteiger charge is 2.19. The van der Waals surface area contributed by atoms with Gasteiger partial charge in [-0.05, 0) is 21.8 Å². The molecule has 2 rings (SSSR count). The van der Waals surface area contributed by atoms with Gasteiger partial charge in [0.2, 0.25) is 5.91 Å². The molecule has 1 heterocycles. The molecule has 0 bridgehead atoms. The van der Waals surface area contributed by atoms with Gasteiger partial charge in [0, 0.05) is 5.56 Å². The lowest BCUT2D eigenvalue weighted by Crippen LogP contribution is -2.39. The molecule has 0 fully saturated rings. The maximum Gasteiger partial charge on any atom is 0.243 e. The van der Waals surface area contributed by atoms with Crippen molar-refractivity contribution in [2.24, 2.45) is 11.7 Å². The Hall–Kier alpha value is -1.24. The quantitative estimate of drug-likeness (QED) is 0.883. The lowest BCUT2D eigenvalue weighted by molar-refractivity contribution is -0.118. The van der Waals surface area contributed by atoms with E-state index in [4.69, 9.17) is 5.73 Å². The van der Waals surface area contributed by atoms with Crippen LogP contribution in [0.5, 0.6) is 0 Å². The monoisotopic (exact) mass is 353 g/mol. The third-order valence-corrected chi connectivity index (χ3v) is 4.50. The zero-order valence-electron chi connectivity index (χ0n) is 11.3. The molecule has 0 aliphatic carbocycles. The number of hydrogen-bond donors (Lipinski definition) is 2. The summed E-state index contributed by atoms with van der Waals surface area (Å²) in [4.78, 5) is 16.4. The number of rotatable bonds is 4. The molecule has 0 saturated heterocycles. The maximum absolute atomic E-state index is 11.9. The number of thiazole rings is 1. The predicted molar refractivity (Wildman–Crippen MR) is 86.7 cm³/mol. The topological polar surface area (TPSA) is 68.0 Å². The fourth-order valence-corrected chi connectivity index (χ4v) is 3.12. The zero-order valence-corrected chi connectivity index (χ0v) is 13.7. The third-order valence-electron chi connectivity index (χ3n) is 2.88. The highest BCUT2D eigenvalue weighted by Crippen LogP contribution is 2.35. The molecule has 0 radical (unpaired) electrons. The van der Waals surface area contributed by atoms with E-state index in [2.05, 4.69) is 26.2 Å². The van der Waals surface area contributed by atoms with Crippen molar-refractivity contribution in [3.05, 3.63) is 34.1 Å². The van der Waals surface area contributed by atoms with Gasteiger partial charge in [0.25, 0.3) is 0 Å². The number of anilines is 1. The predicted octanol–water partition coefficient (Wildman–Crippen LogP) is 3.49. The molecule has 106 valence electrons. The first-order chi connectivity index (χ1) is 9.49. The molecule has 1 amide bonds. The SMILES string of the molecule is CC(C)[C@H](N)C(=O)Nc1nc(-c2ccccc2)c(Br)s1. The van der Waals surface area contributed by atoms with Crippen LogP contribution in [0.15, 0.2) is 34.1 Å². The average molecular weight is 354 g/mol. The molecular formula is C14H16BrN3OS. The van der Waals surface area contributed by atoms with Crippen LogP contribution < -0.4 is 11.1 Å². The van der Waals surface area contributed by atoms with E-state index in [-0.39, 0.29) is 11.8 Å². The van der Waals surface area contributed by atoms with Gasteiger partial charge in [-0.25, -0.2) is 4.98 Å². The van der Waals surface area contributed by atoms with Crippen molar-refractivity contribution in [3.8, 4) is 11.3 Å². The van der Waals surface area contributed by atoms with Crippen molar-refractivity contribution >= 4 is 38.3 Å². The Bertz CT molecular complexity index is 598. The van der Waals surface area contributed by atoms with Gasteiger partial charge in [-0.2, -0.15) is 0 Å². The number of nitrogens with two attached hydrogens (primary N) is 1. The largest absolute Gasteiger partial charge is 0.320 e. The van der Waals surface area contributed by atoms with Crippen LogP contribution in [0.2, 0.25) is 0 Å². The van der Waals surface area contributed by atoms with Gasteiger partial charge >= 0.3 is 0 Å². The van der Waals surface area contributed by atoms with E-state index in [1.54, 1.807) is 0 Å². The molecule has 2 aromatic rings. The highest BCUT2D eigenvalue weighted by molar-refractivity contribution is 9.11. The average Bonchev–Trinajstić information content (AvgIpc) is 2.79. The summed E-state index contributed by atoms with van der Waals surface area (Å²) in [5, 5.41) is 3.32. The van der Waals surface area contributed by atoms with Crippen LogP contribution in [0, 0.1) is 5.92 Å². The summed E-state index contributed by atoms with van der Waals surface area (Å²) in [6.45, 7) is 3.83. The van der Waals surface area contributed by atoms with E-state index < -0.39 is 6.04 Å². The van der Waals surface area contributed by atoms with Crippen LogP contribution in [0.1, 0.15) is 13.8 Å². The first kappa shape index (κ1) is 15.2. The molecule has 6 heteroatoms. The van der Waals surface area contributed by atoms with Gasteiger partial charge in [0.1, 0.15) is 0 Å². The third kappa shape index (κ3) is 3.45. The van der Waals surface area contributed by atoms with Crippen molar-refractivity contribution in [2.75, 3.05) is 5.32 Å². The Balaban J connectivity index is 2.18. The van der Waals surface area contributed by atoms with Gasteiger partial charge < -0.3 is 11.1 Å². The smallest absolute Gasteiger partial charge is 0.243 e. The summed E-state index contributed by atoms with van der Waals surface area (Å²) in [5.74, 6) is -0.118. The molecule has 3 N–H and O–H groups in total. The fraction of sp³-hybridized carbons (Fsp3) is 0.286. The molecule has 1 atom stereocenters. The minimum Gasteiger partial charge on any atom is -0.320 e. The van der Waals surface area contributed by atoms with Crippen LogP contribution >= 0.6 is 27.3 Å². The number of carbonyl (C=O) groups is 1. The molecule has 0 spiro atoms. The van der Waals surface area contributed by atoms with Crippen LogP contribution in [0.4, 0.5) is 5.13 Å². The first-order valence-electron chi connectivity index (χ1n) is 6.27. The fourth-order valence-electron chi connectivity index (χ4n) is 1.62. The van der Waals surface area contributed by atoms with Crippen LogP contribution in [-0.4, -0.2) is 16.9 Å². The van der Waals surface area contributed by atoms with E-state index in [1.807, 2.05) is 44.2 Å². The number of benzene rings is 1. The van der Waals surface area contributed by atoms with Gasteiger partial charge in [-0.3, -0.25) is 4.79 Å². The molecule has 1 aromatic carbocycles. The second-order valence-corrected chi connectivity index (χ2v) is 7.08. The number of halogens is 1. The van der Waals surface area contributed by atoms with Crippen molar-refractivity contribution in [1.82, 2.24) is 4.98 Å². The Morgan fingerprint density at radius 2 is 2.00 bits per heavy atom. The lowest BCUT2D eigenvalue weighted by atomic mass is 10.1. The summed E-state index contributed by atoms with van der Waals surface area (Å²) in [6.07, 6.45) is 0. The molecule has 0 aliphatic rings. The summed E-state index contributed by atoms with van der Waals surface area (Å²) in [7, 11) is 0. The molecular weight excluding hydrogens is 338 g/mol. The molecule has 1 aromatic heterocycles. The minimum atomic E-state index is -0.530. The van der Waals surface area contributed by atoms with Gasteiger partial charge in [-0.15, -0.1) is 0 Å². The molecule has 0 unspecified atom stereocenters. The van der Waals surface area contributed by atoms with Gasteiger partial charge in [0.15, 0.2) is 5.13 Å². The van der Waals surface area contributed by atoms with Crippen LogP contribution in [0.3, 0.4) is 0 Å². The minimum absolute atomic E-state index is 0.0898. The Labute approximate surface area is 130 Å². The number of amides is 1. The molecule has 20 heavy (non-hydrogen) atoms. The number of carbonyl (C=O) groups excluding carboxylic acids is 1. The van der Waals surface area contributed by atoms with Gasteiger partial charge in [-0.1, -0.05) is 55.5 Å². The van der Waals surface area contributed by atoms with E-state index >= 15 is 0 Å². The number of nitrogens with zero attached hydrogens (tertiary/aromatic N) is 1. The molecule has 0 saturated carbocycles. The lowest BCUT2D eigenvalue weighted by Gasteiger charge is -2.13. The van der Waals surface area contributed by atoms with E-state index in [0.29, 0.717) is 5.13 Å². The van der Waals surface area contributed by atoms with Crippen molar-refractivity contribution in [2.45, 2.75) is 19.9 Å². The van der Waals surface area contributed by atoms with Crippen molar-refractivity contribution in [1.29, 1.82) is 0 Å². The maximum atomic E-state index is 11.9. The van der Waals surface area contributed by atoms with Crippen molar-refractivity contribution in [3.63, 3.8) is 0 Å². The Kier molecular flexibility index (Phi) is 4.91. The Morgan fingerprint density at radius 1 is 1.35 bits per heavy atom. The Morgan fingerprint density at radius 3 is 2.60 bits per heavy atom. The standard InChI is InChI=1S/C14H16BrN3OS/c1-8(2)10(16)13(19)18-14-17-11(12(15)20-14)9-6-4-3-5-7-9/h3-8,10H,16H2,1-2H3,(H,17,18,19)/t10-/m0/s1. The molecule has 4 nitrogen and oxygen atoms in total. The van der Waals surface area contributed by atoms with Crippen molar-refractivity contribution < 1.29 is 4.79 Å². The highest BCUT2D eigenvalue weighted by atomic mass is 79.9. The van der Waals surface area contributed by atoms with E-state index in [9.17, 15) is 4.79 Å². The second kappa shape index (κ2) is 6.47. The number of aromatic nitrogens is 1. The normalized spacial score (nSPS) is 12.4. The van der Waals surface area contributed by atoms with Gasteiger partial charge in [0.05, 0.1) is 15.5 Å². The summed E-state index contributed by atoms with van der Waals surface area (Å²) < 4.78 is 0.886. The molecule has 0 aliphatic heterocycles. The first-order valence-corrected chi connectivity index (χ1v) is 7.88. The zero-order chi connectivity index (χ0) is 14.7. The summed E-state index contributed by atoms with van der Waals surface area (Å²) in [5.41, 5.74) is 7.64.